The molecule has 1 unspecified atom stereocenters. The van der Waals surface area contributed by atoms with E-state index >= 15 is 0 Å². The van der Waals surface area contributed by atoms with Crippen molar-refractivity contribution in [1.82, 2.24) is 0 Å². The van der Waals surface area contributed by atoms with E-state index in [-0.39, 0.29) is 18.5 Å². The summed E-state index contributed by atoms with van der Waals surface area (Å²) in [5.74, 6) is -0.636. The van der Waals surface area contributed by atoms with E-state index in [1.54, 1.807) is 31.2 Å². The van der Waals surface area contributed by atoms with Gasteiger partial charge in [0.15, 0.2) is 6.10 Å². The Morgan fingerprint density at radius 2 is 2.05 bits per heavy atom. The van der Waals surface area contributed by atoms with Crippen molar-refractivity contribution >= 4 is 17.6 Å². The van der Waals surface area contributed by atoms with Crippen LogP contribution in [0.3, 0.4) is 0 Å². The Balaban J connectivity index is 1.92. The molecule has 0 aliphatic carbocycles. The monoisotopic (exact) mass is 279 g/mol. The van der Waals surface area contributed by atoms with Crippen LogP contribution < -0.4 is 5.32 Å². The zero-order valence-electron chi connectivity index (χ0n) is 11.3. The van der Waals surface area contributed by atoms with Crippen molar-refractivity contribution < 1.29 is 23.8 Å². The summed E-state index contributed by atoms with van der Waals surface area (Å²) in [4.78, 5) is 23.4. The standard InChI is InChI=1S/C14H17NO5/c1-2-19-14(17)10-3-5-11(6-4-10)15-13(16)12-9-18-7-8-20-12/h3-6,12H,2,7-9H2,1H3,(H,15,16). The van der Waals surface area contributed by atoms with Crippen molar-refractivity contribution in [2.24, 2.45) is 0 Å². The van der Waals surface area contributed by atoms with E-state index in [4.69, 9.17) is 14.2 Å². The fraction of sp³-hybridized carbons (Fsp3) is 0.429. The summed E-state index contributed by atoms with van der Waals surface area (Å²) < 4.78 is 15.3. The molecule has 1 N–H and O–H groups in total. The molecule has 1 aromatic rings. The minimum absolute atomic E-state index is 0.256. The third-order valence-corrected chi connectivity index (χ3v) is 2.77. The maximum Gasteiger partial charge on any atom is 0.338 e. The average molecular weight is 279 g/mol. The molecule has 0 bridgehead atoms. The lowest BCUT2D eigenvalue weighted by Crippen LogP contribution is -2.39. The molecule has 1 fully saturated rings. The molecule has 0 radical (unpaired) electrons. The van der Waals surface area contributed by atoms with Crippen molar-refractivity contribution in [2.75, 3.05) is 31.7 Å². The normalized spacial score (nSPS) is 18.4. The van der Waals surface area contributed by atoms with E-state index in [0.717, 1.165) is 0 Å². The zero-order valence-corrected chi connectivity index (χ0v) is 11.3. The highest BCUT2D eigenvalue weighted by Crippen LogP contribution is 2.12. The number of hydrogen-bond donors (Lipinski definition) is 1. The molecule has 0 saturated carbocycles. The molecule has 6 heteroatoms. The first kappa shape index (κ1) is 14.5. The number of carbonyl (C=O) groups excluding carboxylic acids is 2. The highest BCUT2D eigenvalue weighted by molar-refractivity contribution is 5.95. The summed E-state index contributed by atoms with van der Waals surface area (Å²) in [6.45, 7) is 3.26. The van der Waals surface area contributed by atoms with Crippen LogP contribution in [-0.2, 0) is 19.0 Å². The number of hydrogen-bond acceptors (Lipinski definition) is 5. The number of ether oxygens (including phenoxy) is 3. The third kappa shape index (κ3) is 3.79. The van der Waals surface area contributed by atoms with Crippen LogP contribution in [0.4, 0.5) is 5.69 Å². The van der Waals surface area contributed by atoms with Gasteiger partial charge in [-0.15, -0.1) is 0 Å². The third-order valence-electron chi connectivity index (χ3n) is 2.77. The van der Waals surface area contributed by atoms with Crippen molar-refractivity contribution in [3.8, 4) is 0 Å². The Morgan fingerprint density at radius 1 is 1.30 bits per heavy atom. The SMILES string of the molecule is CCOC(=O)c1ccc(NC(=O)C2COCCO2)cc1. The number of rotatable bonds is 4. The van der Waals surface area contributed by atoms with Crippen LogP contribution in [0.1, 0.15) is 17.3 Å². The predicted molar refractivity (Wildman–Crippen MR) is 71.6 cm³/mol. The second-order valence-corrected chi connectivity index (χ2v) is 4.22. The fourth-order valence-corrected chi connectivity index (χ4v) is 1.77. The number of amides is 1. The van der Waals surface area contributed by atoms with Gasteiger partial charge in [-0.2, -0.15) is 0 Å². The highest BCUT2D eigenvalue weighted by atomic mass is 16.6. The zero-order chi connectivity index (χ0) is 14.4. The highest BCUT2D eigenvalue weighted by Gasteiger charge is 2.22. The van der Waals surface area contributed by atoms with Gasteiger partial charge >= 0.3 is 5.97 Å². The van der Waals surface area contributed by atoms with Gasteiger partial charge in [-0.1, -0.05) is 0 Å². The van der Waals surface area contributed by atoms with E-state index in [1.165, 1.54) is 0 Å². The fourth-order valence-electron chi connectivity index (χ4n) is 1.77. The van der Waals surface area contributed by atoms with E-state index < -0.39 is 6.10 Å². The number of esters is 1. The van der Waals surface area contributed by atoms with E-state index in [9.17, 15) is 9.59 Å². The lowest BCUT2D eigenvalue weighted by Gasteiger charge is -2.22. The Labute approximate surface area is 117 Å². The Bertz CT molecular complexity index is 465. The summed E-state index contributed by atoms with van der Waals surface area (Å²) in [5, 5.41) is 2.71. The minimum atomic E-state index is -0.589. The summed E-state index contributed by atoms with van der Waals surface area (Å²) in [7, 11) is 0. The van der Waals surface area contributed by atoms with Gasteiger partial charge in [-0.05, 0) is 31.2 Å². The molecule has 2 rings (SSSR count). The van der Waals surface area contributed by atoms with Gasteiger partial charge in [0.2, 0.25) is 0 Å². The molecule has 1 amide bonds. The predicted octanol–water partition coefficient (Wildman–Crippen LogP) is 1.22. The Morgan fingerprint density at radius 3 is 2.65 bits per heavy atom. The molecule has 108 valence electrons. The Hall–Kier alpha value is -1.92. The van der Waals surface area contributed by atoms with E-state index in [0.29, 0.717) is 31.1 Å². The van der Waals surface area contributed by atoms with Crippen LogP contribution in [-0.4, -0.2) is 44.4 Å². The van der Waals surface area contributed by atoms with Gasteiger partial charge in [0.05, 0.1) is 32.0 Å². The molecule has 1 aliphatic rings. The minimum Gasteiger partial charge on any atom is -0.462 e. The first-order chi connectivity index (χ1) is 9.70. The summed E-state index contributed by atoms with van der Waals surface area (Å²) in [6, 6.07) is 6.50. The molecular weight excluding hydrogens is 262 g/mol. The molecule has 1 aliphatic heterocycles. The van der Waals surface area contributed by atoms with Crippen molar-refractivity contribution in [2.45, 2.75) is 13.0 Å². The number of carbonyl (C=O) groups is 2. The average Bonchev–Trinajstić information content (AvgIpc) is 2.49. The van der Waals surface area contributed by atoms with E-state index in [2.05, 4.69) is 5.32 Å². The second kappa shape index (κ2) is 7.02. The molecule has 1 aromatic carbocycles. The van der Waals surface area contributed by atoms with Crippen LogP contribution in [0.15, 0.2) is 24.3 Å². The molecule has 1 saturated heterocycles. The van der Waals surface area contributed by atoms with Crippen LogP contribution in [0.2, 0.25) is 0 Å². The first-order valence-corrected chi connectivity index (χ1v) is 6.48. The molecule has 6 nitrogen and oxygen atoms in total. The van der Waals surface area contributed by atoms with Gasteiger partial charge < -0.3 is 19.5 Å². The molecule has 1 heterocycles. The van der Waals surface area contributed by atoms with Crippen molar-refractivity contribution in [3.63, 3.8) is 0 Å². The lowest BCUT2D eigenvalue weighted by molar-refractivity contribution is -0.142. The van der Waals surface area contributed by atoms with Gasteiger partial charge in [-0.25, -0.2) is 4.79 Å². The van der Waals surface area contributed by atoms with E-state index in [1.807, 2.05) is 0 Å². The quantitative estimate of drug-likeness (QED) is 0.839. The lowest BCUT2D eigenvalue weighted by atomic mass is 10.2. The molecule has 1 atom stereocenters. The summed E-state index contributed by atoms with van der Waals surface area (Å²) in [6.07, 6.45) is -0.589. The van der Waals surface area contributed by atoms with Crippen molar-refractivity contribution in [1.29, 1.82) is 0 Å². The van der Waals surface area contributed by atoms with Gasteiger partial charge in [0.25, 0.3) is 5.91 Å². The molecule has 0 spiro atoms. The van der Waals surface area contributed by atoms with Crippen molar-refractivity contribution in [3.05, 3.63) is 29.8 Å². The van der Waals surface area contributed by atoms with Crippen LogP contribution in [0, 0.1) is 0 Å². The number of benzene rings is 1. The second-order valence-electron chi connectivity index (χ2n) is 4.22. The molecule has 0 aromatic heterocycles. The van der Waals surface area contributed by atoms with Crippen LogP contribution in [0.5, 0.6) is 0 Å². The summed E-state index contributed by atoms with van der Waals surface area (Å²) >= 11 is 0. The smallest absolute Gasteiger partial charge is 0.338 e. The van der Waals surface area contributed by atoms with Crippen LogP contribution >= 0.6 is 0 Å². The Kier molecular flexibility index (Phi) is 5.09. The topological polar surface area (TPSA) is 73.9 Å². The van der Waals surface area contributed by atoms with Crippen LogP contribution in [0.25, 0.3) is 0 Å². The summed E-state index contributed by atoms with van der Waals surface area (Å²) in [5.41, 5.74) is 1.04. The maximum atomic E-state index is 11.9. The molecular formula is C14H17NO5. The largest absolute Gasteiger partial charge is 0.462 e. The number of nitrogens with one attached hydrogen (secondary N) is 1. The number of anilines is 1. The maximum absolute atomic E-state index is 11.9. The first-order valence-electron chi connectivity index (χ1n) is 6.48. The molecule has 20 heavy (non-hydrogen) atoms. The van der Waals surface area contributed by atoms with Gasteiger partial charge in [0.1, 0.15) is 0 Å². The van der Waals surface area contributed by atoms with Gasteiger partial charge in [-0.3, -0.25) is 4.79 Å². The van der Waals surface area contributed by atoms with Gasteiger partial charge in [0, 0.05) is 5.69 Å².